The van der Waals surface area contributed by atoms with Crippen molar-refractivity contribution >= 4 is 11.6 Å². The summed E-state index contributed by atoms with van der Waals surface area (Å²) in [6.07, 6.45) is 7.02. The minimum atomic E-state index is 0.394. The largest absolute Gasteiger partial charge is 0.294 e. The van der Waals surface area contributed by atoms with Crippen LogP contribution in [0.25, 0.3) is 11.4 Å². The van der Waals surface area contributed by atoms with E-state index in [9.17, 15) is 0 Å². The predicted molar refractivity (Wildman–Crippen MR) is 103 cm³/mol. The molecule has 26 heavy (non-hydrogen) atoms. The average Bonchev–Trinajstić information content (AvgIpc) is 3.11. The van der Waals surface area contributed by atoms with Gasteiger partial charge in [-0.1, -0.05) is 11.6 Å². The van der Waals surface area contributed by atoms with Crippen LogP contribution >= 0.6 is 11.6 Å². The fraction of sp³-hybridized carbons (Fsp3) is 0.350. The number of rotatable bonds is 4. The molecule has 0 unspecified atom stereocenters. The van der Waals surface area contributed by atoms with Crippen LogP contribution in [0.5, 0.6) is 0 Å². The summed E-state index contributed by atoms with van der Waals surface area (Å²) in [7, 11) is 0. The van der Waals surface area contributed by atoms with Crippen molar-refractivity contribution in [2.75, 3.05) is 6.54 Å². The van der Waals surface area contributed by atoms with Crippen LogP contribution in [0, 0.1) is 0 Å². The maximum absolute atomic E-state index is 5.96. The number of benzene rings is 1. The van der Waals surface area contributed by atoms with E-state index in [1.54, 1.807) is 0 Å². The van der Waals surface area contributed by atoms with E-state index in [4.69, 9.17) is 16.6 Å². The molecule has 6 heteroatoms. The molecule has 0 saturated heterocycles. The van der Waals surface area contributed by atoms with Crippen molar-refractivity contribution in [1.82, 2.24) is 24.6 Å². The van der Waals surface area contributed by atoms with Gasteiger partial charge in [-0.25, -0.2) is 9.97 Å². The maximum Gasteiger partial charge on any atom is 0.159 e. The first kappa shape index (κ1) is 17.2. The zero-order valence-electron chi connectivity index (χ0n) is 15.1. The van der Waals surface area contributed by atoms with Gasteiger partial charge in [-0.15, -0.1) is 0 Å². The van der Waals surface area contributed by atoms with Crippen molar-refractivity contribution in [3.8, 4) is 11.4 Å². The molecule has 5 nitrogen and oxygen atoms in total. The molecule has 3 heterocycles. The van der Waals surface area contributed by atoms with Gasteiger partial charge < -0.3 is 0 Å². The lowest BCUT2D eigenvalue weighted by molar-refractivity contribution is 0.243. The van der Waals surface area contributed by atoms with E-state index in [0.717, 1.165) is 48.2 Å². The molecule has 0 aliphatic carbocycles. The Hall–Kier alpha value is -2.24. The molecular weight excluding hydrogens is 346 g/mol. The van der Waals surface area contributed by atoms with E-state index in [0.29, 0.717) is 6.04 Å². The van der Waals surface area contributed by atoms with Crippen LogP contribution in [0.4, 0.5) is 0 Å². The van der Waals surface area contributed by atoms with Gasteiger partial charge in [0.1, 0.15) is 0 Å². The third-order valence-corrected chi connectivity index (χ3v) is 4.96. The van der Waals surface area contributed by atoms with Crippen LogP contribution in [0.15, 0.2) is 42.9 Å². The smallest absolute Gasteiger partial charge is 0.159 e. The van der Waals surface area contributed by atoms with Gasteiger partial charge in [0.2, 0.25) is 0 Å². The molecule has 0 radical (unpaired) electrons. The van der Waals surface area contributed by atoms with Gasteiger partial charge >= 0.3 is 0 Å². The van der Waals surface area contributed by atoms with E-state index < -0.39 is 0 Å². The van der Waals surface area contributed by atoms with Crippen LogP contribution in [0.1, 0.15) is 36.7 Å². The minimum absolute atomic E-state index is 0.394. The zero-order chi connectivity index (χ0) is 18.1. The highest BCUT2D eigenvalue weighted by atomic mass is 35.5. The second kappa shape index (κ2) is 7.17. The average molecular weight is 368 g/mol. The van der Waals surface area contributed by atoms with Crippen molar-refractivity contribution in [1.29, 1.82) is 0 Å². The summed E-state index contributed by atoms with van der Waals surface area (Å²) < 4.78 is 2.01. The molecule has 0 N–H and O–H groups in total. The van der Waals surface area contributed by atoms with E-state index in [1.807, 2.05) is 41.3 Å². The third kappa shape index (κ3) is 3.64. The highest BCUT2D eigenvalue weighted by molar-refractivity contribution is 6.30. The number of nitrogens with zero attached hydrogens (tertiary/aromatic N) is 5. The number of fused-ring (bicyclic) bond motifs is 1. The van der Waals surface area contributed by atoms with E-state index in [-0.39, 0.29) is 0 Å². The van der Waals surface area contributed by atoms with E-state index in [2.05, 4.69) is 35.0 Å². The van der Waals surface area contributed by atoms with Crippen molar-refractivity contribution in [2.45, 2.75) is 39.4 Å². The first-order chi connectivity index (χ1) is 12.6. The van der Waals surface area contributed by atoms with Crippen LogP contribution in [0.2, 0.25) is 5.02 Å². The van der Waals surface area contributed by atoms with Crippen molar-refractivity contribution < 1.29 is 0 Å². The Labute approximate surface area is 158 Å². The fourth-order valence-electron chi connectivity index (χ4n) is 3.25. The lowest BCUT2D eigenvalue weighted by atomic mass is 10.1. The number of hydrogen-bond donors (Lipinski definition) is 0. The van der Waals surface area contributed by atoms with Gasteiger partial charge in [0.25, 0.3) is 0 Å². The molecule has 4 rings (SSSR count). The summed E-state index contributed by atoms with van der Waals surface area (Å²) in [5.41, 5.74) is 4.62. The molecule has 0 amide bonds. The van der Waals surface area contributed by atoms with E-state index >= 15 is 0 Å². The molecule has 134 valence electrons. The summed E-state index contributed by atoms with van der Waals surface area (Å²) in [4.78, 5) is 11.8. The maximum atomic E-state index is 5.96. The van der Waals surface area contributed by atoms with Gasteiger partial charge in [0.15, 0.2) is 5.82 Å². The fourth-order valence-corrected chi connectivity index (χ4v) is 3.37. The Morgan fingerprint density at radius 2 is 1.96 bits per heavy atom. The normalized spacial score (nSPS) is 14.6. The zero-order valence-corrected chi connectivity index (χ0v) is 15.8. The molecule has 0 saturated carbocycles. The Kier molecular flexibility index (Phi) is 4.74. The van der Waals surface area contributed by atoms with E-state index in [1.165, 1.54) is 11.1 Å². The van der Waals surface area contributed by atoms with Gasteiger partial charge in [0.05, 0.1) is 11.9 Å². The Balaban J connectivity index is 1.48. The lowest BCUT2D eigenvalue weighted by Crippen LogP contribution is -2.30. The summed E-state index contributed by atoms with van der Waals surface area (Å²) >= 11 is 5.96. The molecule has 0 fully saturated rings. The summed E-state index contributed by atoms with van der Waals surface area (Å²) in [6.45, 7) is 7.07. The Bertz CT molecular complexity index is 901. The van der Waals surface area contributed by atoms with Crippen LogP contribution in [-0.2, 0) is 19.5 Å². The SMILES string of the molecule is CC(C)n1cc(CN2CCc3nc(-c4ccc(Cl)cc4)ncc3C2)cn1. The second-order valence-corrected chi connectivity index (χ2v) is 7.49. The van der Waals surface area contributed by atoms with Crippen LogP contribution in [0.3, 0.4) is 0 Å². The lowest BCUT2D eigenvalue weighted by Gasteiger charge is -2.27. The molecule has 1 aliphatic heterocycles. The summed E-state index contributed by atoms with van der Waals surface area (Å²) in [6, 6.07) is 8.07. The van der Waals surface area contributed by atoms with Crippen LogP contribution < -0.4 is 0 Å². The molecule has 2 aromatic heterocycles. The number of hydrogen-bond acceptors (Lipinski definition) is 4. The van der Waals surface area contributed by atoms with Crippen molar-refractivity contribution in [3.05, 3.63) is 64.7 Å². The first-order valence-corrected chi connectivity index (χ1v) is 9.32. The third-order valence-electron chi connectivity index (χ3n) is 4.71. The Morgan fingerprint density at radius 3 is 2.69 bits per heavy atom. The first-order valence-electron chi connectivity index (χ1n) is 8.94. The molecular formula is C20H22ClN5. The van der Waals surface area contributed by atoms with Gasteiger partial charge in [-0.05, 0) is 38.1 Å². The molecule has 0 atom stereocenters. The topological polar surface area (TPSA) is 46.8 Å². The quantitative estimate of drug-likeness (QED) is 0.695. The molecule has 1 aliphatic rings. The van der Waals surface area contributed by atoms with Crippen molar-refractivity contribution in [2.24, 2.45) is 0 Å². The molecule has 1 aromatic carbocycles. The van der Waals surface area contributed by atoms with Gasteiger partial charge in [0, 0.05) is 66.2 Å². The van der Waals surface area contributed by atoms with Crippen LogP contribution in [-0.4, -0.2) is 31.2 Å². The number of halogens is 1. The summed E-state index contributed by atoms with van der Waals surface area (Å²) in [5, 5.41) is 5.16. The second-order valence-electron chi connectivity index (χ2n) is 7.06. The van der Waals surface area contributed by atoms with Gasteiger partial charge in [-0.2, -0.15) is 5.10 Å². The monoisotopic (exact) mass is 367 g/mol. The molecule has 3 aromatic rings. The Morgan fingerprint density at radius 1 is 1.15 bits per heavy atom. The highest BCUT2D eigenvalue weighted by Crippen LogP contribution is 2.23. The minimum Gasteiger partial charge on any atom is -0.294 e. The molecule has 0 spiro atoms. The van der Waals surface area contributed by atoms with Crippen molar-refractivity contribution in [3.63, 3.8) is 0 Å². The number of aromatic nitrogens is 4. The summed E-state index contributed by atoms with van der Waals surface area (Å²) in [5.74, 6) is 0.770. The van der Waals surface area contributed by atoms with Gasteiger partial charge in [-0.3, -0.25) is 9.58 Å². The predicted octanol–water partition coefficient (Wildman–Crippen LogP) is 4.13. The standard InChI is InChI=1S/C20H22ClN5/c1-14(2)26-12-15(9-23-26)11-25-8-7-19-17(13-25)10-22-20(24-19)16-3-5-18(21)6-4-16/h3-6,9-10,12,14H,7-8,11,13H2,1-2H3. The highest BCUT2D eigenvalue weighted by Gasteiger charge is 2.19. The molecule has 0 bridgehead atoms.